The molecule has 31 heavy (non-hydrogen) atoms. The summed E-state index contributed by atoms with van der Waals surface area (Å²) in [5, 5.41) is 1.18. The Labute approximate surface area is 183 Å². The molecule has 0 radical (unpaired) electrons. The molecule has 1 saturated carbocycles. The fourth-order valence-electron chi connectivity index (χ4n) is 5.22. The second kappa shape index (κ2) is 10.5. The number of pyridine rings is 1. The summed E-state index contributed by atoms with van der Waals surface area (Å²) in [4.78, 5) is 42.7. The van der Waals surface area contributed by atoms with Gasteiger partial charge in [-0.15, -0.1) is 0 Å². The van der Waals surface area contributed by atoms with Gasteiger partial charge in [0.2, 0.25) is 12.2 Å². The summed E-state index contributed by atoms with van der Waals surface area (Å²) in [6, 6.07) is 7.99. The zero-order valence-corrected chi connectivity index (χ0v) is 19.2. The molecule has 0 amide bonds. The fraction of sp³-hybridized carbons (Fsp3) is 0.560. The first-order valence-corrected chi connectivity index (χ1v) is 10.9. The molecular weight excluding hydrogens is 390 g/mol. The topological polar surface area (TPSA) is 91.7 Å². The number of aryl methyl sites for hydroxylation is 1. The SMILES string of the molecule is CC1(C)CC(N=C=O)CC(C)(CN=C=O)C1.CCc1c(CC)c2ccccc2[nH]c1=O. The van der Waals surface area contributed by atoms with Crippen LogP contribution in [-0.4, -0.2) is 29.7 Å². The number of carbonyl (C=O) groups excluding carboxylic acids is 2. The summed E-state index contributed by atoms with van der Waals surface area (Å²) in [6.45, 7) is 11.0. The first kappa shape index (κ1) is 24.5. The van der Waals surface area contributed by atoms with Crippen LogP contribution in [0.15, 0.2) is 39.0 Å². The first-order valence-electron chi connectivity index (χ1n) is 10.9. The van der Waals surface area contributed by atoms with Crippen molar-refractivity contribution in [3.8, 4) is 0 Å². The minimum absolute atomic E-state index is 0.00750. The monoisotopic (exact) mass is 423 g/mol. The van der Waals surface area contributed by atoms with Gasteiger partial charge in [0, 0.05) is 16.5 Å². The Morgan fingerprint density at radius 1 is 1.03 bits per heavy atom. The van der Waals surface area contributed by atoms with Gasteiger partial charge in [-0.1, -0.05) is 52.8 Å². The maximum Gasteiger partial charge on any atom is 0.251 e. The molecule has 166 valence electrons. The van der Waals surface area contributed by atoms with Crippen molar-refractivity contribution < 1.29 is 9.59 Å². The summed E-state index contributed by atoms with van der Waals surface area (Å²) in [7, 11) is 0. The maximum absolute atomic E-state index is 11.8. The molecule has 0 spiro atoms. The number of fused-ring (bicyclic) bond motifs is 1. The van der Waals surface area contributed by atoms with Crippen LogP contribution >= 0.6 is 0 Å². The van der Waals surface area contributed by atoms with Crippen molar-refractivity contribution >= 4 is 23.1 Å². The summed E-state index contributed by atoms with van der Waals surface area (Å²) in [5.41, 5.74) is 3.18. The Kier molecular flexibility index (Phi) is 8.27. The van der Waals surface area contributed by atoms with Gasteiger partial charge in [0.05, 0.1) is 12.6 Å². The van der Waals surface area contributed by atoms with Crippen molar-refractivity contribution in [3.05, 3.63) is 45.7 Å². The lowest BCUT2D eigenvalue weighted by molar-refractivity contribution is 0.0915. The highest BCUT2D eigenvalue weighted by Gasteiger charge is 2.41. The molecule has 1 aromatic carbocycles. The lowest BCUT2D eigenvalue weighted by Gasteiger charge is -2.44. The van der Waals surface area contributed by atoms with E-state index in [1.165, 1.54) is 10.9 Å². The zero-order valence-electron chi connectivity index (χ0n) is 19.2. The molecule has 0 saturated heterocycles. The molecule has 1 aromatic heterocycles. The van der Waals surface area contributed by atoms with E-state index in [-0.39, 0.29) is 22.4 Å². The molecule has 1 aliphatic carbocycles. The molecule has 2 atom stereocenters. The van der Waals surface area contributed by atoms with E-state index in [9.17, 15) is 14.4 Å². The number of aromatic amines is 1. The number of hydrogen-bond donors (Lipinski definition) is 1. The lowest BCUT2D eigenvalue weighted by atomic mass is 9.63. The Hall–Kier alpha value is -2.81. The molecule has 1 fully saturated rings. The second-order valence-corrected chi connectivity index (χ2v) is 9.51. The van der Waals surface area contributed by atoms with Crippen molar-refractivity contribution in [2.75, 3.05) is 6.54 Å². The Bertz CT molecular complexity index is 1060. The van der Waals surface area contributed by atoms with Crippen LogP contribution in [0.4, 0.5) is 0 Å². The van der Waals surface area contributed by atoms with Crippen molar-refractivity contribution in [1.29, 1.82) is 0 Å². The predicted octanol–water partition coefficient (Wildman–Crippen LogP) is 4.90. The van der Waals surface area contributed by atoms with Crippen LogP contribution in [0, 0.1) is 10.8 Å². The number of aliphatic imine (C=N–C) groups is 2. The number of isocyanates is 2. The number of nitrogens with one attached hydrogen (secondary N) is 1. The first-order chi connectivity index (χ1) is 14.7. The molecule has 3 rings (SSSR count). The van der Waals surface area contributed by atoms with Crippen molar-refractivity contribution in [1.82, 2.24) is 4.98 Å². The van der Waals surface area contributed by atoms with Gasteiger partial charge in [0.25, 0.3) is 5.56 Å². The summed E-state index contributed by atoms with van der Waals surface area (Å²) >= 11 is 0. The standard InChI is InChI=1S/C13H15NO.C12H18N2O2/c1-3-9-10(4-2)13(15)14-12-8-6-5-7-11(9)12;1-11(2)4-10(14-9-16)5-12(3,6-11)7-13-8-15/h5-8H,3-4H2,1-2H3,(H,14,15);10H,4-7H2,1-3H3. The largest absolute Gasteiger partial charge is 0.322 e. The number of rotatable bonds is 5. The molecule has 6 heteroatoms. The van der Waals surface area contributed by atoms with Crippen LogP contribution in [0.3, 0.4) is 0 Å². The molecule has 0 bridgehead atoms. The van der Waals surface area contributed by atoms with Gasteiger partial charge in [-0.25, -0.2) is 19.6 Å². The van der Waals surface area contributed by atoms with Gasteiger partial charge in [-0.3, -0.25) is 4.79 Å². The summed E-state index contributed by atoms with van der Waals surface area (Å²) in [5.74, 6) is 0. The summed E-state index contributed by atoms with van der Waals surface area (Å²) in [6.07, 6.45) is 7.59. The van der Waals surface area contributed by atoms with E-state index in [1.54, 1.807) is 12.2 Å². The average Bonchev–Trinajstić information content (AvgIpc) is 2.70. The molecule has 2 aromatic rings. The highest BCUT2D eigenvalue weighted by Crippen LogP contribution is 2.47. The van der Waals surface area contributed by atoms with Crippen molar-refractivity contribution in [2.24, 2.45) is 20.8 Å². The lowest BCUT2D eigenvalue weighted by Crippen LogP contribution is -2.39. The van der Waals surface area contributed by atoms with Crippen molar-refractivity contribution in [3.63, 3.8) is 0 Å². The van der Waals surface area contributed by atoms with Crippen LogP contribution in [0.1, 0.15) is 65.0 Å². The van der Waals surface area contributed by atoms with Crippen molar-refractivity contribution in [2.45, 2.75) is 72.8 Å². The van der Waals surface area contributed by atoms with E-state index in [0.29, 0.717) is 6.54 Å². The van der Waals surface area contributed by atoms with E-state index >= 15 is 0 Å². The van der Waals surface area contributed by atoms with Gasteiger partial charge in [0.1, 0.15) is 0 Å². The fourth-order valence-corrected chi connectivity index (χ4v) is 5.22. The smallest absolute Gasteiger partial charge is 0.251 e. The minimum Gasteiger partial charge on any atom is -0.322 e. The number of H-pyrrole nitrogens is 1. The van der Waals surface area contributed by atoms with Crippen LogP contribution < -0.4 is 5.56 Å². The quantitative estimate of drug-likeness (QED) is 0.548. The van der Waals surface area contributed by atoms with Gasteiger partial charge in [-0.05, 0) is 54.6 Å². The van der Waals surface area contributed by atoms with E-state index in [0.717, 1.165) is 43.2 Å². The number of aromatic nitrogens is 1. The summed E-state index contributed by atoms with van der Waals surface area (Å²) < 4.78 is 0. The number of nitrogens with zero attached hydrogens (tertiary/aromatic N) is 2. The molecule has 6 nitrogen and oxygen atoms in total. The zero-order chi connectivity index (χ0) is 23.1. The number of benzene rings is 1. The van der Waals surface area contributed by atoms with E-state index in [2.05, 4.69) is 48.7 Å². The molecule has 1 N–H and O–H groups in total. The van der Waals surface area contributed by atoms with E-state index in [1.807, 2.05) is 25.1 Å². The number of hydrogen-bond acceptors (Lipinski definition) is 5. The Balaban J connectivity index is 0.000000220. The van der Waals surface area contributed by atoms with Gasteiger partial charge < -0.3 is 4.98 Å². The molecule has 0 aliphatic heterocycles. The van der Waals surface area contributed by atoms with Crippen LogP contribution in [0.2, 0.25) is 0 Å². The third kappa shape index (κ3) is 6.33. The van der Waals surface area contributed by atoms with Gasteiger partial charge in [0.15, 0.2) is 0 Å². The predicted molar refractivity (Wildman–Crippen MR) is 124 cm³/mol. The van der Waals surface area contributed by atoms with E-state index in [4.69, 9.17) is 0 Å². The third-order valence-electron chi connectivity index (χ3n) is 6.03. The highest BCUT2D eigenvalue weighted by molar-refractivity contribution is 5.82. The maximum atomic E-state index is 11.8. The second-order valence-electron chi connectivity index (χ2n) is 9.51. The molecular formula is C25H33N3O3. The van der Waals surface area contributed by atoms with Crippen LogP contribution in [0.5, 0.6) is 0 Å². The van der Waals surface area contributed by atoms with Gasteiger partial charge in [-0.2, -0.15) is 0 Å². The van der Waals surface area contributed by atoms with Crippen LogP contribution in [-0.2, 0) is 22.4 Å². The highest BCUT2D eigenvalue weighted by atomic mass is 16.1. The minimum atomic E-state index is -0.0653. The van der Waals surface area contributed by atoms with E-state index < -0.39 is 0 Å². The molecule has 2 unspecified atom stereocenters. The third-order valence-corrected chi connectivity index (χ3v) is 6.03. The normalized spacial score (nSPS) is 21.9. The average molecular weight is 424 g/mol. The van der Waals surface area contributed by atoms with Crippen LogP contribution in [0.25, 0.3) is 10.9 Å². The molecule has 1 heterocycles. The number of para-hydroxylation sites is 1. The Morgan fingerprint density at radius 2 is 1.71 bits per heavy atom. The Morgan fingerprint density at radius 3 is 2.32 bits per heavy atom. The van der Waals surface area contributed by atoms with Gasteiger partial charge >= 0.3 is 0 Å². The molecule has 1 aliphatic rings.